The standard InChI is InChI=1S/C25H25NOS.ClH/c27-25(23-9-4-14-28-23)12-13-26-16-21-19-7-2-1-5-17(19)10-11-18-6-3-8-20(24(18)21)22(26)15-25;/h1-9,14,21-22,27H,10-13,15-16H2;1H/t21-,22-,25-;/m1./s1. The van der Waals surface area contributed by atoms with Gasteiger partial charge >= 0.3 is 0 Å². The highest BCUT2D eigenvalue weighted by Crippen LogP contribution is 2.51. The first-order valence-electron chi connectivity index (χ1n) is 10.4. The van der Waals surface area contributed by atoms with Crippen molar-refractivity contribution in [3.05, 3.63) is 92.7 Å². The lowest BCUT2D eigenvalue weighted by Crippen LogP contribution is -2.48. The third-order valence-electron chi connectivity index (χ3n) is 7.21. The van der Waals surface area contributed by atoms with Gasteiger partial charge in [0.15, 0.2) is 0 Å². The molecule has 2 nitrogen and oxygen atoms in total. The second kappa shape index (κ2) is 7.24. The molecule has 0 bridgehead atoms. The third kappa shape index (κ3) is 2.98. The molecule has 0 unspecified atom stereocenters. The van der Waals surface area contributed by atoms with Crippen molar-refractivity contribution in [2.75, 3.05) is 13.1 Å². The number of aryl methyl sites for hydroxylation is 2. The van der Waals surface area contributed by atoms with Crippen LogP contribution in [0.1, 0.15) is 57.5 Å². The van der Waals surface area contributed by atoms with Gasteiger partial charge in [0.05, 0.1) is 0 Å². The average molecular weight is 424 g/mol. The molecule has 0 spiro atoms. The van der Waals surface area contributed by atoms with Gasteiger partial charge in [-0.25, -0.2) is 0 Å². The van der Waals surface area contributed by atoms with E-state index in [4.69, 9.17) is 0 Å². The van der Waals surface area contributed by atoms with Crippen LogP contribution < -0.4 is 0 Å². The molecule has 3 aliphatic rings. The molecule has 3 atom stereocenters. The van der Waals surface area contributed by atoms with Gasteiger partial charge in [-0.1, -0.05) is 48.5 Å². The van der Waals surface area contributed by atoms with Crippen molar-refractivity contribution in [3.63, 3.8) is 0 Å². The van der Waals surface area contributed by atoms with E-state index in [-0.39, 0.29) is 12.4 Å². The van der Waals surface area contributed by atoms with Crippen LogP contribution in [-0.2, 0) is 18.4 Å². The highest BCUT2D eigenvalue weighted by Gasteiger charge is 2.45. The number of piperidine rings is 1. The highest BCUT2D eigenvalue weighted by atomic mass is 35.5. The Bertz CT molecular complexity index is 1030. The number of aliphatic hydroxyl groups is 1. The van der Waals surface area contributed by atoms with Crippen molar-refractivity contribution in [1.82, 2.24) is 4.90 Å². The Morgan fingerprint density at radius 2 is 1.72 bits per heavy atom. The van der Waals surface area contributed by atoms with Gasteiger partial charge in [-0.15, -0.1) is 23.7 Å². The minimum atomic E-state index is -0.687. The number of hydrogen-bond acceptors (Lipinski definition) is 3. The molecule has 1 N–H and O–H groups in total. The number of benzene rings is 2. The first-order valence-corrected chi connectivity index (χ1v) is 11.3. The summed E-state index contributed by atoms with van der Waals surface area (Å²) in [6.07, 6.45) is 3.89. The summed E-state index contributed by atoms with van der Waals surface area (Å²) in [6, 6.07) is 20.4. The SMILES string of the molecule is Cl.O[C@]1(c2cccs2)CCN2C[C@@H]3c4ccccc4CCc4cccc(c43)[C@H]2C1. The summed E-state index contributed by atoms with van der Waals surface area (Å²) in [5, 5.41) is 13.6. The highest BCUT2D eigenvalue weighted by molar-refractivity contribution is 7.10. The number of halogens is 1. The van der Waals surface area contributed by atoms with Crippen molar-refractivity contribution >= 4 is 23.7 Å². The van der Waals surface area contributed by atoms with Crippen LogP contribution in [0.3, 0.4) is 0 Å². The maximum atomic E-state index is 11.5. The van der Waals surface area contributed by atoms with E-state index in [1.165, 1.54) is 22.3 Å². The van der Waals surface area contributed by atoms with E-state index in [0.29, 0.717) is 12.0 Å². The number of thiophene rings is 1. The molecule has 2 aromatic carbocycles. The van der Waals surface area contributed by atoms with Gasteiger partial charge < -0.3 is 5.11 Å². The monoisotopic (exact) mass is 423 g/mol. The van der Waals surface area contributed by atoms with Crippen molar-refractivity contribution in [1.29, 1.82) is 0 Å². The second-order valence-corrected chi connectivity index (χ2v) is 9.59. The van der Waals surface area contributed by atoms with E-state index >= 15 is 0 Å². The van der Waals surface area contributed by atoms with Crippen LogP contribution in [0, 0.1) is 0 Å². The Hall–Kier alpha value is -1.65. The first-order chi connectivity index (χ1) is 13.7. The van der Waals surface area contributed by atoms with Gasteiger partial charge in [-0.05, 0) is 58.5 Å². The molecular weight excluding hydrogens is 398 g/mol. The predicted molar refractivity (Wildman–Crippen MR) is 121 cm³/mol. The third-order valence-corrected chi connectivity index (χ3v) is 8.28. The van der Waals surface area contributed by atoms with E-state index in [1.54, 1.807) is 16.9 Å². The van der Waals surface area contributed by atoms with E-state index in [0.717, 1.165) is 43.6 Å². The Kier molecular flexibility index (Phi) is 4.83. The van der Waals surface area contributed by atoms with Crippen LogP contribution in [0.15, 0.2) is 60.0 Å². The lowest BCUT2D eigenvalue weighted by molar-refractivity contribution is -0.0546. The molecule has 1 aromatic heterocycles. The average Bonchev–Trinajstić information content (AvgIpc) is 3.23. The smallest absolute Gasteiger partial charge is 0.102 e. The van der Waals surface area contributed by atoms with E-state index in [1.807, 2.05) is 0 Å². The van der Waals surface area contributed by atoms with Crippen LogP contribution in [0.25, 0.3) is 0 Å². The van der Waals surface area contributed by atoms with Crippen molar-refractivity contribution in [3.8, 4) is 0 Å². The number of rotatable bonds is 1. The van der Waals surface area contributed by atoms with E-state index in [9.17, 15) is 5.11 Å². The van der Waals surface area contributed by atoms with Gasteiger partial charge in [0.2, 0.25) is 0 Å². The maximum Gasteiger partial charge on any atom is 0.102 e. The van der Waals surface area contributed by atoms with Gasteiger partial charge in [0, 0.05) is 36.3 Å². The summed E-state index contributed by atoms with van der Waals surface area (Å²) in [6.45, 7) is 2.04. The van der Waals surface area contributed by atoms with Gasteiger partial charge in [-0.3, -0.25) is 4.90 Å². The van der Waals surface area contributed by atoms with Crippen LogP contribution in [0.2, 0.25) is 0 Å². The zero-order valence-electron chi connectivity index (χ0n) is 16.4. The molecule has 4 heteroatoms. The molecule has 0 saturated carbocycles. The van der Waals surface area contributed by atoms with Crippen LogP contribution >= 0.6 is 23.7 Å². The summed E-state index contributed by atoms with van der Waals surface area (Å²) in [7, 11) is 0. The lowest BCUT2D eigenvalue weighted by atomic mass is 9.73. The van der Waals surface area contributed by atoms with Gasteiger partial charge in [0.25, 0.3) is 0 Å². The summed E-state index contributed by atoms with van der Waals surface area (Å²) >= 11 is 1.69. The fourth-order valence-corrected chi connectivity index (χ4v) is 6.71. The van der Waals surface area contributed by atoms with E-state index in [2.05, 4.69) is 64.9 Å². The molecule has 29 heavy (non-hydrogen) atoms. The van der Waals surface area contributed by atoms with Crippen molar-refractivity contribution < 1.29 is 5.11 Å². The zero-order valence-corrected chi connectivity index (χ0v) is 18.0. The molecule has 0 amide bonds. The number of fused-ring (bicyclic) bond motifs is 4. The topological polar surface area (TPSA) is 23.5 Å². The largest absolute Gasteiger partial charge is 0.384 e. The molecule has 0 radical (unpaired) electrons. The van der Waals surface area contributed by atoms with Gasteiger partial charge in [0.1, 0.15) is 5.60 Å². The molecule has 3 aromatic rings. The predicted octanol–water partition coefficient (Wildman–Crippen LogP) is 5.44. The minimum Gasteiger partial charge on any atom is -0.384 e. The molecule has 1 saturated heterocycles. The summed E-state index contributed by atoms with van der Waals surface area (Å²) in [5.41, 5.74) is 6.88. The van der Waals surface area contributed by atoms with Crippen LogP contribution in [0.5, 0.6) is 0 Å². The zero-order chi connectivity index (χ0) is 18.7. The van der Waals surface area contributed by atoms with Crippen molar-refractivity contribution in [2.45, 2.75) is 43.2 Å². The molecular formula is C25H26ClNOS. The Morgan fingerprint density at radius 3 is 2.59 bits per heavy atom. The molecule has 6 rings (SSSR count). The Labute approximate surface area is 182 Å². The number of hydrogen-bond donors (Lipinski definition) is 1. The molecule has 1 aliphatic carbocycles. The summed E-state index contributed by atoms with van der Waals surface area (Å²) in [4.78, 5) is 3.77. The van der Waals surface area contributed by atoms with Crippen LogP contribution in [0.4, 0.5) is 0 Å². The Morgan fingerprint density at radius 1 is 0.931 bits per heavy atom. The minimum absolute atomic E-state index is 0. The second-order valence-electron chi connectivity index (χ2n) is 8.65. The lowest BCUT2D eigenvalue weighted by Gasteiger charge is -2.49. The Balaban J connectivity index is 0.00000181. The summed E-state index contributed by atoms with van der Waals surface area (Å²) < 4.78 is 0. The molecule has 2 aliphatic heterocycles. The molecule has 150 valence electrons. The van der Waals surface area contributed by atoms with Gasteiger partial charge in [-0.2, -0.15) is 0 Å². The molecule has 1 fully saturated rings. The summed E-state index contributed by atoms with van der Waals surface area (Å²) in [5.74, 6) is 0.467. The van der Waals surface area contributed by atoms with Crippen LogP contribution in [-0.4, -0.2) is 23.1 Å². The van der Waals surface area contributed by atoms with E-state index < -0.39 is 5.60 Å². The first kappa shape index (κ1) is 19.3. The fourth-order valence-electron chi connectivity index (χ4n) is 5.84. The fraction of sp³-hybridized carbons (Fsp3) is 0.360. The van der Waals surface area contributed by atoms with Crippen molar-refractivity contribution in [2.24, 2.45) is 0 Å². The number of nitrogens with zero attached hydrogens (tertiary/aromatic N) is 1. The normalized spacial score (nSPS) is 27.8. The molecule has 3 heterocycles. The quantitative estimate of drug-likeness (QED) is 0.563. The maximum absolute atomic E-state index is 11.5.